The van der Waals surface area contributed by atoms with Crippen LogP contribution in [0.1, 0.15) is 25.5 Å². The van der Waals surface area contributed by atoms with Crippen LogP contribution in [0.3, 0.4) is 0 Å². The van der Waals surface area contributed by atoms with Gasteiger partial charge in [-0.2, -0.15) is 0 Å². The Balaban J connectivity index is 2.28. The molecule has 2 amide bonds. The summed E-state index contributed by atoms with van der Waals surface area (Å²) >= 11 is 3.32. The van der Waals surface area contributed by atoms with Gasteiger partial charge in [0.2, 0.25) is 0 Å². The molecule has 0 aliphatic carbocycles. The highest BCUT2D eigenvalue weighted by Gasteiger charge is 2.43. The molecule has 3 rings (SSSR count). The van der Waals surface area contributed by atoms with E-state index in [4.69, 9.17) is 9.47 Å². The average molecular weight is 518 g/mol. The molecule has 1 heterocycles. The van der Waals surface area contributed by atoms with Crippen molar-refractivity contribution in [3.63, 3.8) is 0 Å². The first kappa shape index (κ1) is 23.9. The smallest absolute Gasteiger partial charge is 0.356 e. The van der Waals surface area contributed by atoms with Crippen molar-refractivity contribution in [2.75, 3.05) is 18.1 Å². The van der Waals surface area contributed by atoms with Crippen LogP contribution >= 0.6 is 15.9 Å². The molecular formula is C22H20BrN3O7. The van der Waals surface area contributed by atoms with E-state index in [0.29, 0.717) is 5.69 Å². The fourth-order valence-corrected chi connectivity index (χ4v) is 3.61. The molecular weight excluding hydrogens is 498 g/mol. The Morgan fingerprint density at radius 3 is 2.33 bits per heavy atom. The first-order valence-corrected chi connectivity index (χ1v) is 10.8. The molecule has 0 saturated carbocycles. The van der Waals surface area contributed by atoms with Crippen LogP contribution in [-0.4, -0.2) is 36.1 Å². The number of hydrogen-bond acceptors (Lipinski definition) is 7. The molecule has 1 aliphatic rings. The van der Waals surface area contributed by atoms with Crippen LogP contribution in [0.2, 0.25) is 0 Å². The van der Waals surface area contributed by atoms with Crippen molar-refractivity contribution < 1.29 is 28.8 Å². The quantitative estimate of drug-likeness (QED) is 0.333. The second kappa shape index (κ2) is 10.3. The van der Waals surface area contributed by atoms with Crippen LogP contribution in [0.5, 0.6) is 0 Å². The van der Waals surface area contributed by atoms with E-state index in [2.05, 4.69) is 21.2 Å². The van der Waals surface area contributed by atoms with E-state index in [1.807, 2.05) is 0 Å². The summed E-state index contributed by atoms with van der Waals surface area (Å²) in [5.41, 5.74) is -0.218. The third-order valence-corrected chi connectivity index (χ3v) is 5.23. The number of ether oxygens (including phenoxy) is 2. The number of non-ortho nitro benzene ring substituents is 1. The summed E-state index contributed by atoms with van der Waals surface area (Å²) in [4.78, 5) is 51.0. The molecule has 1 N–H and O–H groups in total. The lowest BCUT2D eigenvalue weighted by Gasteiger charge is -2.35. The van der Waals surface area contributed by atoms with Gasteiger partial charge in [0, 0.05) is 16.6 Å². The fraction of sp³-hybridized carbons (Fsp3) is 0.227. The van der Waals surface area contributed by atoms with Gasteiger partial charge in [-0.25, -0.2) is 14.4 Å². The summed E-state index contributed by atoms with van der Waals surface area (Å²) in [7, 11) is 0. The Bertz CT molecular complexity index is 1130. The molecule has 1 aliphatic heterocycles. The van der Waals surface area contributed by atoms with Crippen molar-refractivity contribution >= 4 is 45.3 Å². The molecule has 0 aromatic heterocycles. The predicted molar refractivity (Wildman–Crippen MR) is 121 cm³/mol. The van der Waals surface area contributed by atoms with Crippen molar-refractivity contribution in [3.05, 3.63) is 80.0 Å². The van der Waals surface area contributed by atoms with Gasteiger partial charge >= 0.3 is 18.0 Å². The Kier molecular flexibility index (Phi) is 7.44. The molecule has 2 aromatic rings. The number of esters is 2. The molecule has 2 aromatic carbocycles. The first-order chi connectivity index (χ1) is 15.8. The highest BCUT2D eigenvalue weighted by Crippen LogP contribution is 2.36. The van der Waals surface area contributed by atoms with E-state index in [1.54, 1.807) is 38.1 Å². The molecule has 1 unspecified atom stereocenters. The van der Waals surface area contributed by atoms with Gasteiger partial charge in [-0.3, -0.25) is 15.0 Å². The minimum absolute atomic E-state index is 0.00425. The van der Waals surface area contributed by atoms with E-state index in [9.17, 15) is 24.5 Å². The Labute approximate surface area is 197 Å². The van der Waals surface area contributed by atoms with Crippen molar-refractivity contribution in [1.82, 2.24) is 5.32 Å². The van der Waals surface area contributed by atoms with Gasteiger partial charge in [0.25, 0.3) is 5.69 Å². The van der Waals surface area contributed by atoms with Gasteiger partial charge < -0.3 is 14.8 Å². The standard InChI is InChI=1S/C22H20BrN3O7/c1-3-32-20(27)17-18(13-6-5-7-16(12-13)26(30)31)24-22(29)25(19(17)21(28)33-4-2)15-10-8-14(23)9-11-15/h5-12,18H,3-4H2,1-2H3,(H,24,29). The van der Waals surface area contributed by atoms with Gasteiger partial charge in [-0.1, -0.05) is 28.1 Å². The lowest BCUT2D eigenvalue weighted by molar-refractivity contribution is -0.384. The minimum Gasteiger partial charge on any atom is -0.463 e. The number of benzene rings is 2. The zero-order valence-corrected chi connectivity index (χ0v) is 19.3. The van der Waals surface area contributed by atoms with Crippen LogP contribution in [0.15, 0.2) is 64.3 Å². The molecule has 11 heteroatoms. The second-order valence-electron chi connectivity index (χ2n) is 6.75. The predicted octanol–water partition coefficient (Wildman–Crippen LogP) is 4.01. The Hall–Kier alpha value is -3.73. The third kappa shape index (κ3) is 5.03. The number of nitrogens with one attached hydrogen (secondary N) is 1. The number of amides is 2. The molecule has 0 radical (unpaired) electrons. The van der Waals surface area contributed by atoms with Crippen LogP contribution in [0, 0.1) is 10.1 Å². The molecule has 0 bridgehead atoms. The molecule has 10 nitrogen and oxygen atoms in total. The van der Waals surface area contributed by atoms with Crippen molar-refractivity contribution in [2.24, 2.45) is 0 Å². The van der Waals surface area contributed by atoms with Crippen LogP contribution < -0.4 is 10.2 Å². The Morgan fingerprint density at radius 1 is 1.09 bits per heavy atom. The van der Waals surface area contributed by atoms with Crippen molar-refractivity contribution in [2.45, 2.75) is 19.9 Å². The monoisotopic (exact) mass is 517 g/mol. The molecule has 33 heavy (non-hydrogen) atoms. The zero-order chi connectivity index (χ0) is 24.1. The van der Waals surface area contributed by atoms with E-state index in [1.165, 1.54) is 24.3 Å². The highest BCUT2D eigenvalue weighted by atomic mass is 79.9. The van der Waals surface area contributed by atoms with Crippen LogP contribution in [0.25, 0.3) is 0 Å². The summed E-state index contributed by atoms with van der Waals surface area (Å²) in [5, 5.41) is 13.9. The number of nitro benzene ring substituents is 1. The SMILES string of the molecule is CCOC(=O)C1=C(C(=O)OCC)N(c2ccc(Br)cc2)C(=O)NC1c1cccc([N+](=O)[O-])c1. The van der Waals surface area contributed by atoms with Crippen molar-refractivity contribution in [1.29, 1.82) is 0 Å². The molecule has 172 valence electrons. The number of nitro groups is 1. The normalized spacial score (nSPS) is 15.7. The number of carbonyl (C=O) groups is 3. The number of hydrogen-bond donors (Lipinski definition) is 1. The summed E-state index contributed by atoms with van der Waals surface area (Å²) in [6.45, 7) is 3.19. The van der Waals surface area contributed by atoms with E-state index in [0.717, 1.165) is 9.37 Å². The van der Waals surface area contributed by atoms with Gasteiger partial charge in [-0.05, 0) is 43.7 Å². The second-order valence-corrected chi connectivity index (χ2v) is 7.67. The van der Waals surface area contributed by atoms with E-state index in [-0.39, 0.29) is 35.7 Å². The molecule has 1 atom stereocenters. The number of rotatable bonds is 7. The Morgan fingerprint density at radius 2 is 1.73 bits per heavy atom. The maximum atomic E-state index is 13.2. The number of anilines is 1. The lowest BCUT2D eigenvalue weighted by atomic mass is 9.93. The summed E-state index contributed by atoms with van der Waals surface area (Å²) in [6.07, 6.45) is 0. The maximum Gasteiger partial charge on any atom is 0.356 e. The van der Waals surface area contributed by atoms with Gasteiger partial charge in [0.1, 0.15) is 5.70 Å². The van der Waals surface area contributed by atoms with Gasteiger partial charge in [0.15, 0.2) is 0 Å². The molecule has 0 saturated heterocycles. The average Bonchev–Trinajstić information content (AvgIpc) is 2.79. The topological polar surface area (TPSA) is 128 Å². The summed E-state index contributed by atoms with van der Waals surface area (Å²) in [6, 6.07) is 10.0. The first-order valence-electron chi connectivity index (χ1n) is 9.97. The third-order valence-electron chi connectivity index (χ3n) is 4.70. The summed E-state index contributed by atoms with van der Waals surface area (Å²) < 4.78 is 11.1. The van der Waals surface area contributed by atoms with Crippen LogP contribution in [-0.2, 0) is 19.1 Å². The summed E-state index contributed by atoms with van der Waals surface area (Å²) in [5.74, 6) is -1.77. The number of carbonyl (C=O) groups excluding carboxylic acids is 3. The van der Waals surface area contributed by atoms with Gasteiger partial charge in [-0.15, -0.1) is 0 Å². The maximum absolute atomic E-state index is 13.2. The molecule has 0 spiro atoms. The largest absolute Gasteiger partial charge is 0.463 e. The number of nitrogens with zero attached hydrogens (tertiary/aromatic N) is 2. The highest BCUT2D eigenvalue weighted by molar-refractivity contribution is 9.10. The van der Waals surface area contributed by atoms with E-state index < -0.39 is 28.9 Å². The fourth-order valence-electron chi connectivity index (χ4n) is 3.35. The minimum atomic E-state index is -1.18. The number of urea groups is 1. The van der Waals surface area contributed by atoms with Crippen LogP contribution in [0.4, 0.5) is 16.2 Å². The lowest BCUT2D eigenvalue weighted by Crippen LogP contribution is -2.51. The zero-order valence-electron chi connectivity index (χ0n) is 17.7. The van der Waals surface area contributed by atoms with E-state index >= 15 is 0 Å². The number of halogens is 1. The molecule has 0 fully saturated rings. The van der Waals surface area contributed by atoms with Crippen molar-refractivity contribution in [3.8, 4) is 0 Å². The van der Waals surface area contributed by atoms with Gasteiger partial charge in [0.05, 0.1) is 35.4 Å².